The van der Waals surface area contributed by atoms with Crippen LogP contribution in [0.15, 0.2) is 17.2 Å². The van der Waals surface area contributed by atoms with Crippen LogP contribution in [0, 0.1) is 11.8 Å². The minimum atomic E-state index is -0.0644. The molecule has 0 N–H and O–H groups in total. The molecule has 1 aliphatic heterocycles. The van der Waals surface area contributed by atoms with Gasteiger partial charge in [0, 0.05) is 24.6 Å². The van der Waals surface area contributed by atoms with Gasteiger partial charge in [-0.1, -0.05) is 27.2 Å². The van der Waals surface area contributed by atoms with Gasteiger partial charge in [-0.15, -0.1) is 0 Å². The third-order valence-corrected chi connectivity index (χ3v) is 5.55. The summed E-state index contributed by atoms with van der Waals surface area (Å²) in [4.78, 5) is 19.5. The fourth-order valence-electron chi connectivity index (χ4n) is 3.64. The Labute approximate surface area is 139 Å². The lowest BCUT2D eigenvalue weighted by atomic mass is 9.84. The number of piperidine rings is 1. The first kappa shape index (κ1) is 16.7. The van der Waals surface area contributed by atoms with Crippen molar-refractivity contribution in [2.24, 2.45) is 11.8 Å². The predicted molar refractivity (Wildman–Crippen MR) is 93.7 cm³/mol. The van der Waals surface area contributed by atoms with Gasteiger partial charge >= 0.3 is 0 Å². The van der Waals surface area contributed by atoms with E-state index < -0.39 is 0 Å². The van der Waals surface area contributed by atoms with Crippen molar-refractivity contribution in [1.82, 2.24) is 14.5 Å². The maximum atomic E-state index is 12.3. The molecule has 1 saturated heterocycles. The standard InChI is InChI=1S/C19H31N3O/c1-19(2,3)17-11-18(23)22(14-20-17)13-16-7-9-21(10-8-16)12-15-5-4-6-15/h11,14-16H,4-10,12-13H2,1-3H3. The van der Waals surface area contributed by atoms with Gasteiger partial charge in [0.15, 0.2) is 0 Å². The molecule has 1 saturated carbocycles. The quantitative estimate of drug-likeness (QED) is 0.856. The molecule has 0 bridgehead atoms. The topological polar surface area (TPSA) is 38.1 Å². The fraction of sp³-hybridized carbons (Fsp3) is 0.789. The molecule has 0 spiro atoms. The molecule has 4 heteroatoms. The van der Waals surface area contributed by atoms with E-state index in [0.29, 0.717) is 5.92 Å². The molecule has 4 nitrogen and oxygen atoms in total. The van der Waals surface area contributed by atoms with Gasteiger partial charge in [-0.2, -0.15) is 0 Å². The summed E-state index contributed by atoms with van der Waals surface area (Å²) in [5.74, 6) is 1.58. The highest BCUT2D eigenvalue weighted by atomic mass is 16.1. The summed E-state index contributed by atoms with van der Waals surface area (Å²) in [6.45, 7) is 10.8. The Morgan fingerprint density at radius 2 is 1.74 bits per heavy atom. The summed E-state index contributed by atoms with van der Waals surface area (Å²) >= 11 is 0. The number of nitrogens with zero attached hydrogens (tertiary/aromatic N) is 3. The molecule has 0 radical (unpaired) electrons. The SMILES string of the molecule is CC(C)(C)c1cc(=O)n(CC2CCN(CC3CCC3)CC2)cn1. The van der Waals surface area contributed by atoms with Crippen LogP contribution in [0.1, 0.15) is 58.6 Å². The molecule has 3 rings (SSSR count). The largest absolute Gasteiger partial charge is 0.303 e. The first-order chi connectivity index (χ1) is 10.9. The minimum Gasteiger partial charge on any atom is -0.303 e. The second-order valence-corrected chi connectivity index (χ2v) is 8.56. The van der Waals surface area contributed by atoms with Gasteiger partial charge < -0.3 is 4.90 Å². The molecule has 1 aromatic heterocycles. The zero-order chi connectivity index (χ0) is 16.4. The molecule has 1 aromatic rings. The molecule has 2 aliphatic rings. The summed E-state index contributed by atoms with van der Waals surface area (Å²) in [6.07, 6.45) is 8.47. The van der Waals surface area contributed by atoms with E-state index in [4.69, 9.17) is 0 Å². The second kappa shape index (κ2) is 6.76. The van der Waals surface area contributed by atoms with E-state index in [1.807, 2.05) is 4.57 Å². The third kappa shape index (κ3) is 4.23. The summed E-state index contributed by atoms with van der Waals surface area (Å²) < 4.78 is 1.81. The van der Waals surface area contributed by atoms with Crippen LogP contribution in [0.25, 0.3) is 0 Å². The van der Waals surface area contributed by atoms with Crippen LogP contribution in [0.2, 0.25) is 0 Å². The lowest BCUT2D eigenvalue weighted by molar-refractivity contribution is 0.125. The molecular formula is C19H31N3O. The van der Waals surface area contributed by atoms with E-state index in [0.717, 1.165) is 18.2 Å². The molecule has 2 fully saturated rings. The van der Waals surface area contributed by atoms with Crippen molar-refractivity contribution >= 4 is 0 Å². The summed E-state index contributed by atoms with van der Waals surface area (Å²) in [5.41, 5.74) is 0.918. The van der Waals surface area contributed by atoms with E-state index in [-0.39, 0.29) is 11.0 Å². The summed E-state index contributed by atoms with van der Waals surface area (Å²) in [5, 5.41) is 0. The lowest BCUT2D eigenvalue weighted by Gasteiger charge is -2.37. The fourth-order valence-corrected chi connectivity index (χ4v) is 3.64. The van der Waals surface area contributed by atoms with Gasteiger partial charge in [0.1, 0.15) is 0 Å². The highest BCUT2D eigenvalue weighted by molar-refractivity contribution is 5.10. The van der Waals surface area contributed by atoms with Crippen molar-refractivity contribution in [2.75, 3.05) is 19.6 Å². The van der Waals surface area contributed by atoms with E-state index in [1.165, 1.54) is 51.7 Å². The van der Waals surface area contributed by atoms with Crippen LogP contribution in [0.4, 0.5) is 0 Å². The van der Waals surface area contributed by atoms with E-state index in [2.05, 4.69) is 30.7 Å². The van der Waals surface area contributed by atoms with Gasteiger partial charge in [-0.3, -0.25) is 9.36 Å². The zero-order valence-electron chi connectivity index (χ0n) is 14.9. The summed E-state index contributed by atoms with van der Waals surface area (Å²) in [6, 6.07) is 1.71. The zero-order valence-corrected chi connectivity index (χ0v) is 14.9. The van der Waals surface area contributed by atoms with E-state index in [1.54, 1.807) is 12.4 Å². The van der Waals surface area contributed by atoms with Crippen molar-refractivity contribution < 1.29 is 0 Å². The van der Waals surface area contributed by atoms with E-state index in [9.17, 15) is 4.79 Å². The number of aromatic nitrogens is 2. The molecule has 23 heavy (non-hydrogen) atoms. The molecular weight excluding hydrogens is 286 g/mol. The third-order valence-electron chi connectivity index (χ3n) is 5.55. The van der Waals surface area contributed by atoms with Crippen molar-refractivity contribution in [1.29, 1.82) is 0 Å². The van der Waals surface area contributed by atoms with Crippen LogP contribution in [0.3, 0.4) is 0 Å². The van der Waals surface area contributed by atoms with Crippen molar-refractivity contribution in [2.45, 2.75) is 64.8 Å². The van der Waals surface area contributed by atoms with Crippen LogP contribution in [-0.2, 0) is 12.0 Å². The highest BCUT2D eigenvalue weighted by Crippen LogP contribution is 2.29. The number of hydrogen-bond donors (Lipinski definition) is 0. The maximum Gasteiger partial charge on any atom is 0.253 e. The van der Waals surface area contributed by atoms with Gasteiger partial charge in [-0.25, -0.2) is 4.98 Å². The number of likely N-dealkylation sites (tertiary alicyclic amines) is 1. The average Bonchev–Trinajstić information content (AvgIpc) is 2.45. The second-order valence-electron chi connectivity index (χ2n) is 8.56. The van der Waals surface area contributed by atoms with Crippen LogP contribution >= 0.6 is 0 Å². The Hall–Kier alpha value is -1.16. The van der Waals surface area contributed by atoms with Crippen molar-refractivity contribution in [3.8, 4) is 0 Å². The smallest absolute Gasteiger partial charge is 0.253 e. The Balaban J connectivity index is 1.53. The average molecular weight is 317 g/mol. The van der Waals surface area contributed by atoms with E-state index >= 15 is 0 Å². The monoisotopic (exact) mass is 317 g/mol. The molecule has 0 unspecified atom stereocenters. The highest BCUT2D eigenvalue weighted by Gasteiger charge is 2.25. The van der Waals surface area contributed by atoms with Crippen LogP contribution in [-0.4, -0.2) is 34.1 Å². The molecule has 0 aromatic carbocycles. The maximum absolute atomic E-state index is 12.3. The molecule has 0 amide bonds. The Bertz CT molecular complexity index is 575. The first-order valence-corrected chi connectivity index (χ1v) is 9.21. The molecule has 2 heterocycles. The van der Waals surface area contributed by atoms with Gasteiger partial charge in [0.2, 0.25) is 0 Å². The first-order valence-electron chi connectivity index (χ1n) is 9.21. The van der Waals surface area contributed by atoms with Crippen LogP contribution < -0.4 is 5.56 Å². The Morgan fingerprint density at radius 3 is 2.26 bits per heavy atom. The van der Waals surface area contributed by atoms with Crippen molar-refractivity contribution in [3.63, 3.8) is 0 Å². The predicted octanol–water partition coefficient (Wildman–Crippen LogP) is 3.05. The number of hydrogen-bond acceptors (Lipinski definition) is 3. The van der Waals surface area contributed by atoms with Gasteiger partial charge in [0.25, 0.3) is 5.56 Å². The Morgan fingerprint density at radius 1 is 1.09 bits per heavy atom. The van der Waals surface area contributed by atoms with Gasteiger partial charge in [-0.05, 0) is 50.6 Å². The van der Waals surface area contributed by atoms with Gasteiger partial charge in [0.05, 0.1) is 12.0 Å². The van der Waals surface area contributed by atoms with Crippen molar-refractivity contribution in [3.05, 3.63) is 28.4 Å². The molecule has 0 atom stereocenters. The van der Waals surface area contributed by atoms with Crippen LogP contribution in [0.5, 0.6) is 0 Å². The Kier molecular flexibility index (Phi) is 4.90. The number of rotatable bonds is 4. The molecule has 128 valence electrons. The minimum absolute atomic E-state index is 0.0644. The normalized spacial score (nSPS) is 21.3. The lowest BCUT2D eigenvalue weighted by Crippen LogP contribution is -2.40. The molecule has 1 aliphatic carbocycles. The summed E-state index contributed by atoms with van der Waals surface area (Å²) in [7, 11) is 0.